The molecule has 0 aromatic heterocycles. The molecule has 2 amide bonds. The first-order valence-corrected chi connectivity index (χ1v) is 9.95. The van der Waals surface area contributed by atoms with Crippen molar-refractivity contribution in [1.29, 1.82) is 0 Å². The van der Waals surface area contributed by atoms with Crippen LogP contribution in [0.1, 0.15) is 43.8 Å². The first-order chi connectivity index (χ1) is 13.9. The SMILES string of the molecule is CN(c1ccc(NC(=O)NC[C@H](O)c2ccc(F)cc2)cc1F)C1CCCCC1. The second-order valence-electron chi connectivity index (χ2n) is 7.47. The van der Waals surface area contributed by atoms with Crippen molar-refractivity contribution in [3.05, 3.63) is 59.7 Å². The van der Waals surface area contributed by atoms with Gasteiger partial charge in [-0.1, -0.05) is 31.4 Å². The molecule has 0 radical (unpaired) electrons. The lowest BCUT2D eigenvalue weighted by Crippen LogP contribution is -2.34. The van der Waals surface area contributed by atoms with E-state index in [1.807, 2.05) is 11.9 Å². The highest BCUT2D eigenvalue weighted by molar-refractivity contribution is 5.89. The highest BCUT2D eigenvalue weighted by Gasteiger charge is 2.20. The number of urea groups is 1. The predicted molar refractivity (Wildman–Crippen MR) is 110 cm³/mol. The van der Waals surface area contributed by atoms with Crippen molar-refractivity contribution >= 4 is 17.4 Å². The number of hydrogen-bond acceptors (Lipinski definition) is 3. The first kappa shape index (κ1) is 21.0. The van der Waals surface area contributed by atoms with Crippen LogP contribution in [0.5, 0.6) is 0 Å². The molecule has 3 rings (SSSR count). The number of nitrogens with zero attached hydrogens (tertiary/aromatic N) is 1. The Morgan fingerprint density at radius 2 is 1.83 bits per heavy atom. The molecule has 0 aliphatic heterocycles. The number of rotatable bonds is 6. The zero-order valence-electron chi connectivity index (χ0n) is 16.5. The molecule has 7 heteroatoms. The smallest absolute Gasteiger partial charge is 0.319 e. The molecular weight excluding hydrogens is 376 g/mol. The quantitative estimate of drug-likeness (QED) is 0.661. The van der Waals surface area contributed by atoms with E-state index >= 15 is 0 Å². The number of benzene rings is 2. The Bertz CT molecular complexity index is 823. The molecule has 156 valence electrons. The van der Waals surface area contributed by atoms with E-state index in [9.17, 15) is 18.7 Å². The van der Waals surface area contributed by atoms with Crippen LogP contribution in [-0.2, 0) is 0 Å². The molecule has 2 aromatic carbocycles. The summed E-state index contributed by atoms with van der Waals surface area (Å²) in [7, 11) is 1.91. The molecule has 29 heavy (non-hydrogen) atoms. The molecule has 1 atom stereocenters. The van der Waals surface area contributed by atoms with Crippen LogP contribution in [0.15, 0.2) is 42.5 Å². The lowest BCUT2D eigenvalue weighted by Gasteiger charge is -2.33. The summed E-state index contributed by atoms with van der Waals surface area (Å²) in [6.45, 7) is -0.0531. The maximum absolute atomic E-state index is 14.6. The fourth-order valence-corrected chi connectivity index (χ4v) is 3.70. The van der Waals surface area contributed by atoms with E-state index in [4.69, 9.17) is 0 Å². The number of nitrogens with one attached hydrogen (secondary N) is 2. The van der Waals surface area contributed by atoms with E-state index in [0.717, 1.165) is 12.8 Å². The van der Waals surface area contributed by atoms with Crippen LogP contribution >= 0.6 is 0 Å². The monoisotopic (exact) mass is 403 g/mol. The van der Waals surface area contributed by atoms with E-state index in [-0.39, 0.29) is 12.4 Å². The Morgan fingerprint density at radius 3 is 2.48 bits per heavy atom. The lowest BCUT2D eigenvalue weighted by molar-refractivity contribution is 0.175. The van der Waals surface area contributed by atoms with E-state index in [0.29, 0.717) is 23.0 Å². The number of anilines is 2. The average molecular weight is 403 g/mol. The second kappa shape index (κ2) is 9.69. The van der Waals surface area contributed by atoms with E-state index < -0.39 is 18.0 Å². The Hall–Kier alpha value is -2.67. The standard InChI is InChI=1S/C22H27F2N3O2/c1-27(18-5-3-2-4-6-18)20-12-11-17(13-19(20)24)26-22(29)25-14-21(28)15-7-9-16(23)10-8-15/h7-13,18,21,28H,2-6,14H2,1H3,(H2,25,26,29)/t21-/m0/s1. The first-order valence-electron chi connectivity index (χ1n) is 9.95. The molecule has 0 unspecified atom stereocenters. The minimum atomic E-state index is -0.968. The highest BCUT2D eigenvalue weighted by atomic mass is 19.1. The summed E-state index contributed by atoms with van der Waals surface area (Å²) < 4.78 is 27.5. The predicted octanol–water partition coefficient (Wildman–Crippen LogP) is 4.59. The number of carbonyl (C=O) groups is 1. The molecule has 0 bridgehead atoms. The fourth-order valence-electron chi connectivity index (χ4n) is 3.70. The molecule has 0 spiro atoms. The van der Waals surface area contributed by atoms with Crippen molar-refractivity contribution in [2.45, 2.75) is 44.2 Å². The van der Waals surface area contributed by atoms with Crippen molar-refractivity contribution in [3.63, 3.8) is 0 Å². The van der Waals surface area contributed by atoms with Crippen molar-refractivity contribution < 1.29 is 18.7 Å². The summed E-state index contributed by atoms with van der Waals surface area (Å²) in [5, 5.41) is 15.2. The second-order valence-corrected chi connectivity index (χ2v) is 7.47. The number of halogens is 2. The molecule has 1 aliphatic rings. The van der Waals surface area contributed by atoms with Crippen molar-refractivity contribution in [3.8, 4) is 0 Å². The summed E-state index contributed by atoms with van der Waals surface area (Å²) in [5.41, 5.74) is 1.35. The minimum Gasteiger partial charge on any atom is -0.387 e. The third-order valence-electron chi connectivity index (χ3n) is 5.42. The van der Waals surface area contributed by atoms with Crippen LogP contribution in [0.3, 0.4) is 0 Å². The number of carbonyl (C=O) groups excluding carboxylic acids is 1. The van der Waals surface area contributed by atoms with Crippen LogP contribution in [-0.4, -0.2) is 30.8 Å². The normalized spacial score (nSPS) is 15.6. The van der Waals surface area contributed by atoms with E-state index in [1.165, 1.54) is 49.6 Å². The highest BCUT2D eigenvalue weighted by Crippen LogP contribution is 2.29. The molecule has 1 fully saturated rings. The minimum absolute atomic E-state index is 0.0531. The van der Waals surface area contributed by atoms with Gasteiger partial charge in [-0.3, -0.25) is 0 Å². The average Bonchev–Trinajstić information content (AvgIpc) is 2.73. The fraction of sp³-hybridized carbons (Fsp3) is 0.409. The lowest BCUT2D eigenvalue weighted by atomic mass is 9.94. The van der Waals surface area contributed by atoms with Gasteiger partial charge in [-0.15, -0.1) is 0 Å². The number of aliphatic hydroxyl groups is 1. The van der Waals surface area contributed by atoms with Crippen molar-refractivity contribution in [1.82, 2.24) is 5.32 Å². The van der Waals surface area contributed by atoms with Gasteiger partial charge in [0.25, 0.3) is 0 Å². The largest absolute Gasteiger partial charge is 0.387 e. The third kappa shape index (κ3) is 5.67. The van der Waals surface area contributed by atoms with Crippen LogP contribution < -0.4 is 15.5 Å². The van der Waals surface area contributed by atoms with Gasteiger partial charge in [-0.25, -0.2) is 13.6 Å². The van der Waals surface area contributed by atoms with Crippen LogP contribution in [0.2, 0.25) is 0 Å². The van der Waals surface area contributed by atoms with Gasteiger partial charge in [-0.2, -0.15) is 0 Å². The molecule has 0 heterocycles. The third-order valence-corrected chi connectivity index (χ3v) is 5.42. The van der Waals surface area contributed by atoms with E-state index in [2.05, 4.69) is 10.6 Å². The summed E-state index contributed by atoms with van der Waals surface area (Å²) in [5.74, 6) is -0.784. The van der Waals surface area contributed by atoms with Gasteiger partial charge in [0.05, 0.1) is 11.8 Å². The van der Waals surface area contributed by atoms with Gasteiger partial charge in [0.2, 0.25) is 0 Å². The van der Waals surface area contributed by atoms with Crippen LogP contribution in [0.25, 0.3) is 0 Å². The zero-order valence-corrected chi connectivity index (χ0v) is 16.5. The zero-order chi connectivity index (χ0) is 20.8. The number of hydrogen-bond donors (Lipinski definition) is 3. The maximum atomic E-state index is 14.6. The molecule has 1 aliphatic carbocycles. The molecule has 5 nitrogen and oxygen atoms in total. The summed E-state index contributed by atoms with van der Waals surface area (Å²) in [6.07, 6.45) is 4.73. The molecule has 2 aromatic rings. The maximum Gasteiger partial charge on any atom is 0.319 e. The van der Waals surface area contributed by atoms with Crippen molar-refractivity contribution in [2.75, 3.05) is 23.8 Å². The topological polar surface area (TPSA) is 64.6 Å². The van der Waals surface area contributed by atoms with Gasteiger partial charge in [0, 0.05) is 25.3 Å². The molecule has 3 N–H and O–H groups in total. The van der Waals surface area contributed by atoms with Gasteiger partial charge < -0.3 is 20.6 Å². The molecular formula is C22H27F2N3O2. The Balaban J connectivity index is 1.53. The Morgan fingerprint density at radius 1 is 1.14 bits per heavy atom. The van der Waals surface area contributed by atoms with Gasteiger partial charge in [0.1, 0.15) is 11.6 Å². The number of amides is 2. The summed E-state index contributed by atoms with van der Waals surface area (Å²) >= 11 is 0. The van der Waals surface area contributed by atoms with E-state index in [1.54, 1.807) is 12.1 Å². The van der Waals surface area contributed by atoms with Crippen LogP contribution in [0, 0.1) is 11.6 Å². The van der Waals surface area contributed by atoms with Crippen LogP contribution in [0.4, 0.5) is 25.0 Å². The molecule has 1 saturated carbocycles. The van der Waals surface area contributed by atoms with Crippen molar-refractivity contribution in [2.24, 2.45) is 0 Å². The summed E-state index contributed by atoms with van der Waals surface area (Å²) in [4.78, 5) is 14.0. The van der Waals surface area contributed by atoms with Gasteiger partial charge in [-0.05, 0) is 48.7 Å². The Kier molecular flexibility index (Phi) is 7.04. The van der Waals surface area contributed by atoms with Gasteiger partial charge in [0.15, 0.2) is 0 Å². The summed E-state index contributed by atoms with van der Waals surface area (Å²) in [6, 6.07) is 9.81. The van der Waals surface area contributed by atoms with Gasteiger partial charge >= 0.3 is 6.03 Å². The molecule has 0 saturated heterocycles. The number of aliphatic hydroxyl groups excluding tert-OH is 1. The Labute approximate surface area is 169 Å².